The molecule has 0 saturated carbocycles. The van der Waals surface area contributed by atoms with Crippen molar-refractivity contribution in [1.82, 2.24) is 24.9 Å². The molecule has 1 aromatic carbocycles. The van der Waals surface area contributed by atoms with E-state index < -0.39 is 0 Å². The standard InChI is InChI=1S/C17H19N5O2S/c1-2-6-13-9-14(23)19-16-20-21-17(22(13)16)25-11-15(24)18-10-12-7-4-3-5-8-12/h3-5,7-9H,2,6,10-11H2,1H3,(H,18,24)(H,19,20,23). The van der Waals surface area contributed by atoms with Crippen molar-refractivity contribution in [3.63, 3.8) is 0 Å². The van der Waals surface area contributed by atoms with Crippen LogP contribution in [-0.2, 0) is 17.8 Å². The number of amides is 1. The number of aryl methyl sites for hydroxylation is 1. The minimum absolute atomic E-state index is 0.0768. The molecule has 0 saturated heterocycles. The van der Waals surface area contributed by atoms with E-state index in [0.29, 0.717) is 17.5 Å². The minimum atomic E-state index is -0.194. The molecule has 2 N–H and O–H groups in total. The largest absolute Gasteiger partial charge is 0.351 e. The van der Waals surface area contributed by atoms with Crippen LogP contribution in [0.1, 0.15) is 24.6 Å². The number of rotatable bonds is 7. The van der Waals surface area contributed by atoms with Gasteiger partial charge in [0.2, 0.25) is 11.7 Å². The van der Waals surface area contributed by atoms with Crippen molar-refractivity contribution < 1.29 is 4.79 Å². The smallest absolute Gasteiger partial charge is 0.252 e. The minimum Gasteiger partial charge on any atom is -0.351 e. The van der Waals surface area contributed by atoms with E-state index in [4.69, 9.17) is 0 Å². The Morgan fingerprint density at radius 2 is 2.08 bits per heavy atom. The number of aromatic amines is 1. The number of aromatic nitrogens is 4. The molecule has 8 heteroatoms. The fourth-order valence-electron chi connectivity index (χ4n) is 2.48. The number of nitrogens with zero attached hydrogens (tertiary/aromatic N) is 3. The first-order valence-electron chi connectivity index (χ1n) is 8.08. The molecule has 0 bridgehead atoms. The molecule has 0 fully saturated rings. The number of carbonyl (C=O) groups excluding carboxylic acids is 1. The number of carbonyl (C=O) groups is 1. The maximum atomic E-state index is 12.1. The Hall–Kier alpha value is -2.61. The van der Waals surface area contributed by atoms with E-state index in [0.717, 1.165) is 24.1 Å². The van der Waals surface area contributed by atoms with E-state index in [1.807, 2.05) is 37.3 Å². The van der Waals surface area contributed by atoms with Crippen LogP contribution in [0.25, 0.3) is 5.78 Å². The van der Waals surface area contributed by atoms with E-state index in [2.05, 4.69) is 20.5 Å². The lowest BCUT2D eigenvalue weighted by Crippen LogP contribution is -2.24. The molecule has 0 aliphatic rings. The lowest BCUT2D eigenvalue weighted by atomic mass is 10.2. The van der Waals surface area contributed by atoms with E-state index in [1.165, 1.54) is 11.8 Å². The van der Waals surface area contributed by atoms with E-state index in [9.17, 15) is 9.59 Å². The molecule has 3 rings (SSSR count). The molecule has 130 valence electrons. The lowest BCUT2D eigenvalue weighted by molar-refractivity contribution is -0.118. The second kappa shape index (κ2) is 7.98. The topological polar surface area (TPSA) is 92.2 Å². The summed E-state index contributed by atoms with van der Waals surface area (Å²) in [6, 6.07) is 11.3. The van der Waals surface area contributed by atoms with Crippen LogP contribution in [0.15, 0.2) is 46.3 Å². The number of nitrogens with one attached hydrogen (secondary N) is 2. The van der Waals surface area contributed by atoms with Crippen molar-refractivity contribution in [2.45, 2.75) is 31.5 Å². The van der Waals surface area contributed by atoms with Gasteiger partial charge in [-0.15, -0.1) is 10.2 Å². The number of fused-ring (bicyclic) bond motifs is 1. The third kappa shape index (κ3) is 4.27. The Morgan fingerprint density at radius 1 is 1.28 bits per heavy atom. The van der Waals surface area contributed by atoms with E-state index in [1.54, 1.807) is 10.5 Å². The van der Waals surface area contributed by atoms with Crippen molar-refractivity contribution in [3.05, 3.63) is 58.0 Å². The molecule has 3 aromatic rings. The Morgan fingerprint density at radius 3 is 2.84 bits per heavy atom. The van der Waals surface area contributed by atoms with Gasteiger partial charge in [0.05, 0.1) is 5.75 Å². The molecule has 7 nitrogen and oxygen atoms in total. The Balaban J connectivity index is 1.66. The van der Waals surface area contributed by atoms with Gasteiger partial charge < -0.3 is 5.32 Å². The first-order chi connectivity index (χ1) is 12.2. The number of hydrogen-bond donors (Lipinski definition) is 2. The Kier molecular flexibility index (Phi) is 5.49. The van der Waals surface area contributed by atoms with Crippen LogP contribution in [0.3, 0.4) is 0 Å². The van der Waals surface area contributed by atoms with Crippen LogP contribution in [0.5, 0.6) is 0 Å². The van der Waals surface area contributed by atoms with Crippen molar-refractivity contribution in [2.75, 3.05) is 5.75 Å². The number of H-pyrrole nitrogens is 1. The highest BCUT2D eigenvalue weighted by molar-refractivity contribution is 7.99. The van der Waals surface area contributed by atoms with Gasteiger partial charge in [0.25, 0.3) is 5.56 Å². The second-order valence-corrected chi connectivity index (χ2v) is 6.51. The number of hydrogen-bond acceptors (Lipinski definition) is 5. The highest BCUT2D eigenvalue weighted by Crippen LogP contribution is 2.17. The predicted molar refractivity (Wildman–Crippen MR) is 96.6 cm³/mol. The quantitative estimate of drug-likeness (QED) is 0.629. The molecule has 0 spiro atoms. The summed E-state index contributed by atoms with van der Waals surface area (Å²) in [5, 5.41) is 11.6. The fourth-order valence-corrected chi connectivity index (χ4v) is 3.28. The SMILES string of the molecule is CCCc1cc(=O)[nH]c2nnc(SCC(=O)NCc3ccccc3)n12. The Labute approximate surface area is 148 Å². The molecule has 0 aliphatic heterocycles. The first-order valence-corrected chi connectivity index (χ1v) is 9.06. The summed E-state index contributed by atoms with van der Waals surface area (Å²) >= 11 is 1.30. The fraction of sp³-hybridized carbons (Fsp3) is 0.294. The van der Waals surface area contributed by atoms with Gasteiger partial charge in [-0.1, -0.05) is 55.4 Å². The molecular weight excluding hydrogens is 338 g/mol. The summed E-state index contributed by atoms with van der Waals surface area (Å²) in [7, 11) is 0. The molecule has 2 aromatic heterocycles. The van der Waals surface area contributed by atoms with Gasteiger partial charge in [0.1, 0.15) is 0 Å². The molecule has 25 heavy (non-hydrogen) atoms. The zero-order valence-electron chi connectivity index (χ0n) is 13.9. The predicted octanol–water partition coefficient (Wildman–Crippen LogP) is 1.78. The summed E-state index contributed by atoms with van der Waals surface area (Å²) in [5.41, 5.74) is 1.70. The van der Waals surface area contributed by atoms with E-state index >= 15 is 0 Å². The van der Waals surface area contributed by atoms with Gasteiger partial charge >= 0.3 is 0 Å². The molecule has 1 amide bonds. The average Bonchev–Trinajstić information content (AvgIpc) is 3.02. The van der Waals surface area contributed by atoms with Gasteiger partial charge in [-0.25, -0.2) is 0 Å². The zero-order chi connectivity index (χ0) is 17.6. The average molecular weight is 357 g/mol. The van der Waals surface area contributed by atoms with Gasteiger partial charge in [-0.2, -0.15) is 0 Å². The molecular formula is C17H19N5O2S. The van der Waals surface area contributed by atoms with Crippen LogP contribution in [0.4, 0.5) is 0 Å². The highest BCUT2D eigenvalue weighted by Gasteiger charge is 2.13. The summed E-state index contributed by atoms with van der Waals surface area (Å²) in [5.74, 6) is 0.563. The zero-order valence-corrected chi connectivity index (χ0v) is 14.7. The lowest BCUT2D eigenvalue weighted by Gasteiger charge is -2.07. The molecule has 0 unspecified atom stereocenters. The maximum Gasteiger partial charge on any atom is 0.252 e. The Bertz CT molecular complexity index is 920. The molecule has 0 atom stereocenters. The first kappa shape index (κ1) is 17.2. The van der Waals surface area contributed by atoms with Gasteiger partial charge in [-0.05, 0) is 12.0 Å². The number of benzene rings is 1. The van der Waals surface area contributed by atoms with E-state index in [-0.39, 0.29) is 17.2 Å². The number of thioether (sulfide) groups is 1. The summed E-state index contributed by atoms with van der Waals surface area (Å²) in [4.78, 5) is 26.4. The van der Waals surface area contributed by atoms with Crippen LogP contribution in [0.2, 0.25) is 0 Å². The third-order valence-corrected chi connectivity index (χ3v) is 4.55. The highest BCUT2D eigenvalue weighted by atomic mass is 32.2. The summed E-state index contributed by atoms with van der Waals surface area (Å²) in [6.45, 7) is 2.54. The van der Waals surface area contributed by atoms with Crippen LogP contribution >= 0.6 is 11.8 Å². The van der Waals surface area contributed by atoms with Crippen molar-refractivity contribution >= 4 is 23.4 Å². The van der Waals surface area contributed by atoms with Crippen LogP contribution < -0.4 is 10.9 Å². The molecule has 0 aliphatic carbocycles. The monoisotopic (exact) mass is 357 g/mol. The summed E-state index contributed by atoms with van der Waals surface area (Å²) < 4.78 is 1.81. The molecule has 2 heterocycles. The maximum absolute atomic E-state index is 12.1. The molecule has 0 radical (unpaired) electrons. The van der Waals surface area contributed by atoms with Crippen LogP contribution in [0, 0.1) is 0 Å². The second-order valence-electron chi connectivity index (χ2n) is 5.57. The van der Waals surface area contributed by atoms with Gasteiger partial charge in [-0.3, -0.25) is 19.0 Å². The van der Waals surface area contributed by atoms with Crippen LogP contribution in [-0.4, -0.2) is 31.2 Å². The van der Waals surface area contributed by atoms with Crippen molar-refractivity contribution in [2.24, 2.45) is 0 Å². The normalized spacial score (nSPS) is 10.9. The van der Waals surface area contributed by atoms with Gasteiger partial charge in [0.15, 0.2) is 5.16 Å². The van der Waals surface area contributed by atoms with Crippen molar-refractivity contribution in [3.8, 4) is 0 Å². The summed E-state index contributed by atoms with van der Waals surface area (Å²) in [6.07, 6.45) is 1.64. The van der Waals surface area contributed by atoms with Crippen molar-refractivity contribution in [1.29, 1.82) is 0 Å². The van der Waals surface area contributed by atoms with Gasteiger partial charge in [0, 0.05) is 18.3 Å². The third-order valence-electron chi connectivity index (χ3n) is 3.62.